The smallest absolute Gasteiger partial charge is 0.253 e. The molecular formula is C53H60ClN9O4. The van der Waals surface area contributed by atoms with E-state index in [1.807, 2.05) is 23.2 Å². The second-order valence-corrected chi connectivity index (χ2v) is 19.5. The van der Waals surface area contributed by atoms with Gasteiger partial charge in [0.2, 0.25) is 5.91 Å². The first-order chi connectivity index (χ1) is 32.8. The molecule has 5 aromatic rings. The fraction of sp³-hybridized carbons (Fsp3) is 0.472. The Morgan fingerprint density at radius 3 is 2.43 bits per heavy atom. The molecule has 2 saturated heterocycles. The van der Waals surface area contributed by atoms with Gasteiger partial charge in [-0.3, -0.25) is 19.3 Å². The number of rotatable bonds is 11. The second-order valence-electron chi connectivity index (χ2n) is 19.1. The molecule has 1 saturated carbocycles. The molecule has 1 aliphatic carbocycles. The van der Waals surface area contributed by atoms with E-state index in [1.165, 1.54) is 22.4 Å². The largest absolute Gasteiger partial charge is 0.490 e. The first-order valence-electron chi connectivity index (χ1n) is 24.4. The molecule has 348 valence electrons. The number of amides is 2. The SMILES string of the molecule is CC(=O)N1CCc2c(c(N3CCCc4cc(-c5ccc(CCC6CCN(c7ccc(C(=O)NC8CCC(Oc9ccc(C#N)c(Cl)c9)CC8)cn7)CC6)cc5)ncc43)nn2C2CCOCC2)C1. The molecule has 13 nitrogen and oxygen atoms in total. The Morgan fingerprint density at radius 2 is 1.70 bits per heavy atom. The molecule has 1 N–H and O–H groups in total. The molecule has 14 heteroatoms. The van der Waals surface area contributed by atoms with E-state index in [0.717, 1.165) is 151 Å². The standard InChI is InChI=1S/C53H60ClN9O4/c1-35(64)61-26-20-49-46(34-61)52(59-63(49)43-21-27-66-28-22-43)62-23-2-3-39-29-48(56-33-50(39)62)38-8-6-36(7-9-38)4-5-37-18-24-60(25-19-37)51-17-11-41(32-57-51)53(65)58-42-12-15-44(16-13-42)67-45-14-10-40(31-55)47(54)30-45/h6-11,14,17,29-30,32-33,37,42-44H,2-5,12-13,15-16,18-28,34H2,1H3,(H,58,65). The van der Waals surface area contributed by atoms with Crippen molar-refractivity contribution in [2.75, 3.05) is 49.2 Å². The number of ether oxygens (including phenoxy) is 2. The lowest BCUT2D eigenvalue weighted by molar-refractivity contribution is -0.129. The van der Waals surface area contributed by atoms with Gasteiger partial charge in [0, 0.05) is 87.9 Å². The van der Waals surface area contributed by atoms with Crippen molar-refractivity contribution in [3.8, 4) is 23.1 Å². The van der Waals surface area contributed by atoms with Crippen LogP contribution in [0.4, 0.5) is 17.3 Å². The summed E-state index contributed by atoms with van der Waals surface area (Å²) in [6.07, 6.45) is 16.3. The molecule has 0 atom stereocenters. The van der Waals surface area contributed by atoms with Crippen LogP contribution in [0.25, 0.3) is 11.3 Å². The molecule has 3 fully saturated rings. The van der Waals surface area contributed by atoms with Gasteiger partial charge in [-0.15, -0.1) is 0 Å². The maximum atomic E-state index is 13.1. The highest BCUT2D eigenvalue weighted by atomic mass is 35.5. The number of nitrogens with zero attached hydrogens (tertiary/aromatic N) is 8. The molecule has 5 aliphatic rings. The number of nitrogens with one attached hydrogen (secondary N) is 1. The van der Waals surface area contributed by atoms with Gasteiger partial charge in [-0.1, -0.05) is 35.9 Å². The van der Waals surface area contributed by atoms with Crippen LogP contribution in [-0.2, 0) is 35.3 Å². The van der Waals surface area contributed by atoms with Gasteiger partial charge in [-0.2, -0.15) is 10.4 Å². The lowest BCUT2D eigenvalue weighted by atomic mass is 9.90. The molecule has 3 aromatic heterocycles. The van der Waals surface area contributed by atoms with E-state index in [9.17, 15) is 9.59 Å². The fourth-order valence-corrected chi connectivity index (χ4v) is 11.0. The predicted molar refractivity (Wildman–Crippen MR) is 259 cm³/mol. The van der Waals surface area contributed by atoms with Gasteiger partial charge in [-0.05, 0) is 124 Å². The van der Waals surface area contributed by atoms with Crippen LogP contribution >= 0.6 is 11.6 Å². The van der Waals surface area contributed by atoms with E-state index in [4.69, 9.17) is 41.4 Å². The molecule has 2 amide bonds. The molecule has 0 unspecified atom stereocenters. The highest BCUT2D eigenvalue weighted by Gasteiger charge is 2.34. The number of halogens is 1. The number of fused-ring (bicyclic) bond motifs is 2. The molecule has 0 spiro atoms. The minimum atomic E-state index is -0.0896. The zero-order valence-electron chi connectivity index (χ0n) is 38.5. The summed E-state index contributed by atoms with van der Waals surface area (Å²) >= 11 is 6.18. The highest BCUT2D eigenvalue weighted by Crippen LogP contribution is 2.40. The van der Waals surface area contributed by atoms with Crippen molar-refractivity contribution in [3.63, 3.8) is 0 Å². The summed E-state index contributed by atoms with van der Waals surface area (Å²) in [5.41, 5.74) is 9.37. The third kappa shape index (κ3) is 10.0. The lowest BCUT2D eigenvalue weighted by Crippen LogP contribution is -2.39. The summed E-state index contributed by atoms with van der Waals surface area (Å²) in [5, 5.41) is 18.0. The molecule has 67 heavy (non-hydrogen) atoms. The van der Waals surface area contributed by atoms with E-state index in [0.29, 0.717) is 40.4 Å². The molecule has 2 aromatic carbocycles. The topological polar surface area (TPSA) is 142 Å². The Balaban J connectivity index is 0.692. The zero-order valence-corrected chi connectivity index (χ0v) is 39.2. The van der Waals surface area contributed by atoms with Gasteiger partial charge in [0.25, 0.3) is 5.91 Å². The van der Waals surface area contributed by atoms with Crippen LogP contribution < -0.4 is 19.9 Å². The lowest BCUT2D eigenvalue weighted by Gasteiger charge is -2.33. The number of hydrogen-bond donors (Lipinski definition) is 1. The summed E-state index contributed by atoms with van der Waals surface area (Å²) in [7, 11) is 0. The van der Waals surface area contributed by atoms with Crippen LogP contribution in [0, 0.1) is 17.2 Å². The molecule has 10 rings (SSSR count). The minimum absolute atomic E-state index is 0.0498. The molecule has 0 bridgehead atoms. The van der Waals surface area contributed by atoms with Gasteiger partial charge >= 0.3 is 0 Å². The summed E-state index contributed by atoms with van der Waals surface area (Å²) < 4.78 is 14.1. The number of aryl methyl sites for hydroxylation is 2. The average molecular weight is 923 g/mol. The number of benzene rings is 2. The third-order valence-corrected chi connectivity index (χ3v) is 15.1. The number of anilines is 3. The number of aromatic nitrogens is 4. The Hall–Kier alpha value is -5.97. The number of pyridine rings is 2. The van der Waals surface area contributed by atoms with Crippen molar-refractivity contribution < 1.29 is 19.1 Å². The van der Waals surface area contributed by atoms with Gasteiger partial charge in [0.05, 0.1) is 52.4 Å². The van der Waals surface area contributed by atoms with Crippen molar-refractivity contribution in [3.05, 3.63) is 112 Å². The fourth-order valence-electron chi connectivity index (χ4n) is 10.8. The third-order valence-electron chi connectivity index (χ3n) is 14.8. The minimum Gasteiger partial charge on any atom is -0.490 e. The van der Waals surface area contributed by atoms with Gasteiger partial charge in [0.15, 0.2) is 5.82 Å². The van der Waals surface area contributed by atoms with Crippen molar-refractivity contribution in [1.29, 1.82) is 5.26 Å². The number of carbonyl (C=O) groups excluding carboxylic acids is 2. The highest BCUT2D eigenvalue weighted by molar-refractivity contribution is 6.31. The van der Waals surface area contributed by atoms with Gasteiger partial charge < -0.3 is 29.5 Å². The molecular weight excluding hydrogens is 862 g/mol. The number of nitriles is 1. The van der Waals surface area contributed by atoms with E-state index >= 15 is 0 Å². The Kier molecular flexibility index (Phi) is 13.4. The summed E-state index contributed by atoms with van der Waals surface area (Å²) in [4.78, 5) is 42.0. The van der Waals surface area contributed by atoms with E-state index in [1.54, 1.807) is 31.3 Å². The monoisotopic (exact) mass is 921 g/mol. The molecule has 4 aliphatic heterocycles. The van der Waals surface area contributed by atoms with Crippen molar-refractivity contribution in [2.24, 2.45) is 5.92 Å². The quantitative estimate of drug-likeness (QED) is 0.136. The predicted octanol–water partition coefficient (Wildman–Crippen LogP) is 9.17. The van der Waals surface area contributed by atoms with E-state index < -0.39 is 0 Å². The first kappa shape index (κ1) is 44.8. The molecule has 7 heterocycles. The van der Waals surface area contributed by atoms with Crippen LogP contribution in [0.1, 0.15) is 115 Å². The summed E-state index contributed by atoms with van der Waals surface area (Å²) in [5.74, 6) is 3.26. The first-order valence-corrected chi connectivity index (χ1v) is 24.8. The summed E-state index contributed by atoms with van der Waals surface area (Å²) in [6, 6.07) is 22.8. The zero-order chi connectivity index (χ0) is 45.9. The maximum absolute atomic E-state index is 13.1. The van der Waals surface area contributed by atoms with Crippen LogP contribution in [0.5, 0.6) is 5.75 Å². The maximum Gasteiger partial charge on any atom is 0.253 e. The van der Waals surface area contributed by atoms with E-state index in [-0.39, 0.29) is 24.0 Å². The van der Waals surface area contributed by atoms with Crippen LogP contribution in [0.3, 0.4) is 0 Å². The Bertz CT molecular complexity index is 2610. The number of carbonyl (C=O) groups is 2. The number of hydrogen-bond acceptors (Lipinski definition) is 10. The van der Waals surface area contributed by atoms with Crippen molar-refractivity contribution in [1.82, 2.24) is 30.0 Å². The summed E-state index contributed by atoms with van der Waals surface area (Å²) in [6.45, 7) is 7.32. The van der Waals surface area contributed by atoms with E-state index in [2.05, 4.69) is 56.2 Å². The van der Waals surface area contributed by atoms with Crippen molar-refractivity contribution >= 4 is 40.7 Å². The number of piperidine rings is 1. The average Bonchev–Trinajstić information content (AvgIpc) is 3.75. The van der Waals surface area contributed by atoms with Crippen LogP contribution in [0.2, 0.25) is 5.02 Å². The van der Waals surface area contributed by atoms with Crippen molar-refractivity contribution in [2.45, 2.75) is 115 Å². The van der Waals surface area contributed by atoms with Crippen LogP contribution in [-0.4, -0.2) is 88.0 Å². The Morgan fingerprint density at radius 1 is 0.896 bits per heavy atom. The Labute approximate surface area is 398 Å². The van der Waals surface area contributed by atoms with Gasteiger partial charge in [0.1, 0.15) is 17.6 Å². The van der Waals surface area contributed by atoms with Crippen LogP contribution in [0.15, 0.2) is 73.1 Å². The normalized spacial score (nSPS) is 20.2. The van der Waals surface area contributed by atoms with Gasteiger partial charge in [-0.25, -0.2) is 4.98 Å². The molecule has 0 radical (unpaired) electrons. The second kappa shape index (κ2) is 20.1.